The minimum atomic E-state index is -0.301. The Bertz CT molecular complexity index is 1630. The minimum Gasteiger partial charge on any atom is -0.507 e. The molecule has 3 N–H and O–H groups in total. The van der Waals surface area contributed by atoms with E-state index in [0.717, 1.165) is 34.2 Å². The van der Waals surface area contributed by atoms with Crippen molar-refractivity contribution in [3.05, 3.63) is 101 Å². The molecule has 3 aromatic carbocycles. The van der Waals surface area contributed by atoms with Gasteiger partial charge in [0.1, 0.15) is 5.75 Å². The summed E-state index contributed by atoms with van der Waals surface area (Å²) in [4.78, 5) is 26.4. The molecule has 2 heterocycles. The van der Waals surface area contributed by atoms with Gasteiger partial charge in [0.25, 0.3) is 5.91 Å². The van der Waals surface area contributed by atoms with E-state index in [2.05, 4.69) is 15.7 Å². The summed E-state index contributed by atoms with van der Waals surface area (Å²) < 4.78 is 2.46. The van der Waals surface area contributed by atoms with Crippen LogP contribution in [0.3, 0.4) is 0 Å². The fraction of sp³-hybridized carbons (Fsp3) is 0.167. The summed E-state index contributed by atoms with van der Waals surface area (Å²) in [5, 5.41) is 22.2. The molecule has 0 atom stereocenters. The first-order valence-electron chi connectivity index (χ1n) is 12.5. The van der Waals surface area contributed by atoms with Gasteiger partial charge in [0.15, 0.2) is 0 Å². The number of carbonyl (C=O) groups excluding carboxylic acids is 2. The number of aryl methyl sites for hydroxylation is 1. The molecule has 190 valence electrons. The fourth-order valence-electron chi connectivity index (χ4n) is 4.43. The van der Waals surface area contributed by atoms with Crippen LogP contribution < -0.4 is 10.6 Å². The van der Waals surface area contributed by atoms with Crippen LogP contribution in [0.4, 0.5) is 10.5 Å². The van der Waals surface area contributed by atoms with Crippen molar-refractivity contribution in [3.8, 4) is 17.0 Å². The number of hydrogen-bond acceptors (Lipinski definition) is 5. The topological polar surface area (TPSA) is 96.3 Å². The number of hydrogen-bond donors (Lipinski definition) is 3. The van der Waals surface area contributed by atoms with Gasteiger partial charge in [0.2, 0.25) is 0 Å². The number of fused-ring (bicyclic) bond motifs is 1. The van der Waals surface area contributed by atoms with Crippen LogP contribution in [0, 0.1) is 6.92 Å². The highest BCUT2D eigenvalue weighted by atomic mass is 32.1. The predicted octanol–water partition coefficient (Wildman–Crippen LogP) is 6.67. The number of nitrogens with one attached hydrogen (secondary N) is 2. The molecule has 6 rings (SSSR count). The van der Waals surface area contributed by atoms with E-state index in [0.29, 0.717) is 28.4 Å². The lowest BCUT2D eigenvalue weighted by molar-refractivity contribution is 0.103. The van der Waals surface area contributed by atoms with Crippen molar-refractivity contribution in [3.63, 3.8) is 0 Å². The van der Waals surface area contributed by atoms with E-state index < -0.39 is 0 Å². The highest BCUT2D eigenvalue weighted by Gasteiger charge is 2.30. The molecular weight excluding hydrogens is 496 g/mol. The number of phenols is 1. The van der Waals surface area contributed by atoms with E-state index in [1.807, 2.05) is 67.6 Å². The molecule has 7 nitrogen and oxygen atoms in total. The second-order valence-corrected chi connectivity index (χ2v) is 10.7. The third-order valence-electron chi connectivity index (χ3n) is 6.67. The van der Waals surface area contributed by atoms with Gasteiger partial charge < -0.3 is 15.7 Å². The van der Waals surface area contributed by atoms with Gasteiger partial charge in [0, 0.05) is 34.5 Å². The summed E-state index contributed by atoms with van der Waals surface area (Å²) >= 11 is 1.42. The lowest BCUT2D eigenvalue weighted by atomic mass is 10.1. The summed E-state index contributed by atoms with van der Waals surface area (Å²) in [5.41, 5.74) is 4.50. The van der Waals surface area contributed by atoms with Crippen molar-refractivity contribution in [2.75, 3.05) is 5.32 Å². The van der Waals surface area contributed by atoms with Gasteiger partial charge >= 0.3 is 6.03 Å². The molecule has 0 saturated heterocycles. The maximum Gasteiger partial charge on any atom is 0.342 e. The Morgan fingerprint density at radius 2 is 1.82 bits per heavy atom. The molecule has 1 aliphatic rings. The number of aromatic nitrogens is 2. The first kappa shape index (κ1) is 23.9. The van der Waals surface area contributed by atoms with Gasteiger partial charge in [-0.2, -0.15) is 9.78 Å². The molecule has 0 unspecified atom stereocenters. The number of amides is 2. The Balaban J connectivity index is 1.20. The van der Waals surface area contributed by atoms with Gasteiger partial charge in [0.05, 0.1) is 16.3 Å². The molecule has 0 aliphatic heterocycles. The SMILES string of the molecule is Cc1ccc(CNC(=O)n2nc(-c3ccc(NC(=O)c4cc5ccccc5s4)cc3O)cc2C2CC2)cc1. The Morgan fingerprint density at radius 3 is 2.55 bits per heavy atom. The Kier molecular flexibility index (Phi) is 6.17. The van der Waals surface area contributed by atoms with Crippen molar-refractivity contribution in [1.82, 2.24) is 15.1 Å². The van der Waals surface area contributed by atoms with Crippen LogP contribution in [0.15, 0.2) is 78.9 Å². The van der Waals surface area contributed by atoms with Gasteiger partial charge in [-0.25, -0.2) is 4.79 Å². The van der Waals surface area contributed by atoms with E-state index >= 15 is 0 Å². The van der Waals surface area contributed by atoms with Crippen LogP contribution >= 0.6 is 11.3 Å². The van der Waals surface area contributed by atoms with E-state index in [4.69, 9.17) is 0 Å². The number of benzene rings is 3. The predicted molar refractivity (Wildman–Crippen MR) is 150 cm³/mol. The maximum absolute atomic E-state index is 13.0. The first-order chi connectivity index (χ1) is 18.4. The average molecular weight is 523 g/mol. The number of rotatable bonds is 6. The summed E-state index contributed by atoms with van der Waals surface area (Å²) in [5.74, 6) is 0.0264. The second-order valence-electron chi connectivity index (χ2n) is 9.62. The quantitative estimate of drug-likeness (QED) is 0.232. The second kappa shape index (κ2) is 9.79. The van der Waals surface area contributed by atoms with Crippen LogP contribution in [-0.4, -0.2) is 26.8 Å². The molecule has 1 fully saturated rings. The van der Waals surface area contributed by atoms with Crippen molar-refractivity contribution in [1.29, 1.82) is 0 Å². The minimum absolute atomic E-state index is 0.0220. The average Bonchev–Trinajstić information content (AvgIpc) is 3.51. The van der Waals surface area contributed by atoms with Crippen molar-refractivity contribution in [2.45, 2.75) is 32.2 Å². The monoisotopic (exact) mass is 522 g/mol. The molecule has 8 heteroatoms. The van der Waals surface area contributed by atoms with Gasteiger partial charge in [-0.05, 0) is 61.0 Å². The summed E-state index contributed by atoms with van der Waals surface area (Å²) in [6.45, 7) is 2.43. The number of aromatic hydroxyl groups is 1. The van der Waals surface area contributed by atoms with Crippen LogP contribution in [0.2, 0.25) is 0 Å². The van der Waals surface area contributed by atoms with E-state index in [9.17, 15) is 14.7 Å². The van der Waals surface area contributed by atoms with Crippen LogP contribution in [-0.2, 0) is 6.54 Å². The molecule has 5 aromatic rings. The lowest BCUT2D eigenvalue weighted by Gasteiger charge is -2.08. The lowest BCUT2D eigenvalue weighted by Crippen LogP contribution is -2.30. The Labute approximate surface area is 223 Å². The Hall–Kier alpha value is -4.43. The summed E-state index contributed by atoms with van der Waals surface area (Å²) in [6, 6.07) is 24.2. The number of anilines is 1. The first-order valence-corrected chi connectivity index (χ1v) is 13.3. The molecule has 1 saturated carbocycles. The normalized spacial score (nSPS) is 13.0. The van der Waals surface area contributed by atoms with Crippen LogP contribution in [0.25, 0.3) is 21.3 Å². The van der Waals surface area contributed by atoms with E-state index in [1.165, 1.54) is 27.6 Å². The van der Waals surface area contributed by atoms with Gasteiger partial charge in [-0.1, -0.05) is 48.0 Å². The zero-order chi connectivity index (χ0) is 26.2. The molecule has 2 aromatic heterocycles. The molecule has 0 spiro atoms. The Morgan fingerprint density at radius 1 is 1.03 bits per heavy atom. The van der Waals surface area contributed by atoms with Crippen molar-refractivity contribution in [2.24, 2.45) is 0 Å². The molecule has 38 heavy (non-hydrogen) atoms. The molecule has 0 radical (unpaired) electrons. The maximum atomic E-state index is 13.0. The molecule has 2 amide bonds. The molecule has 1 aliphatic carbocycles. The highest BCUT2D eigenvalue weighted by molar-refractivity contribution is 7.20. The summed E-state index contributed by atoms with van der Waals surface area (Å²) in [6.07, 6.45) is 2.01. The number of thiophene rings is 1. The summed E-state index contributed by atoms with van der Waals surface area (Å²) in [7, 11) is 0. The standard InChI is InChI=1S/C30H26N4O3S/c1-18-6-8-19(9-7-18)17-31-30(37)34-25(20-10-11-20)16-24(33-34)23-13-12-22(15-26(23)35)32-29(36)28-14-21-4-2-3-5-27(21)38-28/h2-9,12-16,20,35H,10-11,17H2,1H3,(H,31,37)(H,32,36). The van der Waals surface area contributed by atoms with E-state index in [-0.39, 0.29) is 23.6 Å². The van der Waals surface area contributed by atoms with Gasteiger partial charge in [-0.3, -0.25) is 4.79 Å². The number of phenolic OH excluding ortho intramolecular Hbond substituents is 1. The third-order valence-corrected chi connectivity index (χ3v) is 7.78. The van der Waals surface area contributed by atoms with Crippen molar-refractivity contribution < 1.29 is 14.7 Å². The molecule has 0 bridgehead atoms. The number of carbonyl (C=O) groups is 2. The highest BCUT2D eigenvalue weighted by Crippen LogP contribution is 2.42. The van der Waals surface area contributed by atoms with Gasteiger partial charge in [-0.15, -0.1) is 11.3 Å². The van der Waals surface area contributed by atoms with E-state index in [1.54, 1.807) is 12.1 Å². The molecular formula is C30H26N4O3S. The third kappa shape index (κ3) is 4.90. The van der Waals surface area contributed by atoms with Crippen LogP contribution in [0.1, 0.15) is 45.3 Å². The largest absolute Gasteiger partial charge is 0.507 e. The van der Waals surface area contributed by atoms with Crippen LogP contribution in [0.5, 0.6) is 5.75 Å². The zero-order valence-corrected chi connectivity index (χ0v) is 21.6. The van der Waals surface area contributed by atoms with Crippen molar-refractivity contribution >= 4 is 39.0 Å². The smallest absolute Gasteiger partial charge is 0.342 e. The number of nitrogens with zero attached hydrogens (tertiary/aromatic N) is 2. The zero-order valence-electron chi connectivity index (χ0n) is 20.8. The fourth-order valence-corrected chi connectivity index (χ4v) is 5.39.